The van der Waals surface area contributed by atoms with Crippen LogP contribution in [0.15, 0.2) is 17.0 Å². The Morgan fingerprint density at radius 3 is 2.09 bits per heavy atom. The Hall–Kier alpha value is -1.11. The van der Waals surface area contributed by atoms with Crippen LogP contribution in [0.4, 0.5) is 0 Å². The molecule has 0 bridgehead atoms. The number of methoxy groups -OCH3 is 1. The van der Waals surface area contributed by atoms with Crippen molar-refractivity contribution in [3.8, 4) is 5.75 Å². The summed E-state index contributed by atoms with van der Waals surface area (Å²) in [5.74, 6) is 0.683. The number of aryl methyl sites for hydroxylation is 2. The third-order valence-electron chi connectivity index (χ3n) is 4.13. The molecule has 0 aromatic heterocycles. The van der Waals surface area contributed by atoms with E-state index in [9.17, 15) is 8.42 Å². The number of benzene rings is 1. The van der Waals surface area contributed by atoms with Gasteiger partial charge in [-0.25, -0.2) is 8.42 Å². The van der Waals surface area contributed by atoms with Crippen LogP contribution in [0.5, 0.6) is 5.75 Å². The first-order valence-corrected chi connectivity index (χ1v) is 9.50. The van der Waals surface area contributed by atoms with Crippen LogP contribution in [0.25, 0.3) is 0 Å². The van der Waals surface area contributed by atoms with Crippen molar-refractivity contribution in [2.24, 2.45) is 0 Å². The van der Waals surface area contributed by atoms with Crippen molar-refractivity contribution in [3.63, 3.8) is 0 Å². The predicted molar refractivity (Wildman–Crippen MR) is 90.5 cm³/mol. The number of hydrogen-bond donors (Lipinski definition) is 0. The average Bonchev–Trinajstić information content (AvgIpc) is 2.46. The molecule has 1 saturated heterocycles. The quantitative estimate of drug-likeness (QED) is 0.826. The Morgan fingerprint density at radius 1 is 1.13 bits per heavy atom. The molecule has 0 saturated carbocycles. The second kappa shape index (κ2) is 7.20. The minimum Gasteiger partial charge on any atom is -0.497 e. The standard InChI is InChI=1S/C17H27NO4S/c1-12(2)22-15-6-8-18(9-7-15)23(19,20)17-13(3)10-16(21-5)11-14(17)4/h10-12,15H,6-9H2,1-5H3. The van der Waals surface area contributed by atoms with Gasteiger partial charge >= 0.3 is 0 Å². The van der Waals surface area contributed by atoms with E-state index in [1.54, 1.807) is 23.5 Å². The molecule has 1 aliphatic rings. The lowest BCUT2D eigenvalue weighted by Gasteiger charge is -2.32. The highest BCUT2D eigenvalue weighted by atomic mass is 32.2. The maximum Gasteiger partial charge on any atom is 0.243 e. The molecule has 0 spiro atoms. The lowest BCUT2D eigenvalue weighted by atomic mass is 10.1. The van der Waals surface area contributed by atoms with Crippen LogP contribution in [-0.2, 0) is 14.8 Å². The van der Waals surface area contributed by atoms with E-state index < -0.39 is 10.0 Å². The van der Waals surface area contributed by atoms with Crippen LogP contribution in [-0.4, -0.2) is 45.1 Å². The maximum atomic E-state index is 13.0. The summed E-state index contributed by atoms with van der Waals surface area (Å²) in [5, 5.41) is 0. The molecule has 130 valence electrons. The summed E-state index contributed by atoms with van der Waals surface area (Å²) in [6, 6.07) is 3.54. The molecule has 0 unspecified atom stereocenters. The zero-order valence-corrected chi connectivity index (χ0v) is 15.4. The van der Waals surface area contributed by atoms with E-state index >= 15 is 0 Å². The van der Waals surface area contributed by atoms with Gasteiger partial charge < -0.3 is 9.47 Å². The lowest BCUT2D eigenvalue weighted by Crippen LogP contribution is -2.41. The Kier molecular flexibility index (Phi) is 5.70. The fraction of sp³-hybridized carbons (Fsp3) is 0.647. The highest BCUT2D eigenvalue weighted by molar-refractivity contribution is 7.89. The normalized spacial score (nSPS) is 17.7. The molecule has 6 heteroatoms. The van der Waals surface area contributed by atoms with Gasteiger partial charge in [-0.2, -0.15) is 4.31 Å². The first-order chi connectivity index (χ1) is 10.8. The fourth-order valence-corrected chi connectivity index (χ4v) is 5.04. The minimum atomic E-state index is -3.48. The third kappa shape index (κ3) is 4.05. The van der Waals surface area contributed by atoms with Gasteiger partial charge in [-0.15, -0.1) is 0 Å². The van der Waals surface area contributed by atoms with E-state index in [-0.39, 0.29) is 12.2 Å². The van der Waals surface area contributed by atoms with Crippen LogP contribution < -0.4 is 4.74 Å². The fourth-order valence-electron chi connectivity index (χ4n) is 3.16. The predicted octanol–water partition coefficient (Wildman–Crippen LogP) is 2.89. The van der Waals surface area contributed by atoms with Gasteiger partial charge in [-0.1, -0.05) is 0 Å². The molecule has 0 radical (unpaired) electrons. The van der Waals surface area contributed by atoms with Gasteiger partial charge in [-0.05, 0) is 63.8 Å². The molecule has 1 aromatic carbocycles. The van der Waals surface area contributed by atoms with E-state index in [1.165, 1.54) is 0 Å². The number of hydrogen-bond acceptors (Lipinski definition) is 4. The van der Waals surface area contributed by atoms with Crippen LogP contribution in [0.2, 0.25) is 0 Å². The highest BCUT2D eigenvalue weighted by Crippen LogP contribution is 2.30. The van der Waals surface area contributed by atoms with Crippen molar-refractivity contribution in [2.45, 2.75) is 57.6 Å². The minimum absolute atomic E-state index is 0.152. The van der Waals surface area contributed by atoms with E-state index in [0.717, 1.165) is 24.0 Å². The van der Waals surface area contributed by atoms with E-state index in [0.29, 0.717) is 23.7 Å². The van der Waals surface area contributed by atoms with Crippen LogP contribution in [0.1, 0.15) is 37.8 Å². The van der Waals surface area contributed by atoms with Crippen LogP contribution in [0.3, 0.4) is 0 Å². The summed E-state index contributed by atoms with van der Waals surface area (Å²) in [6.45, 7) is 8.66. The number of nitrogens with zero attached hydrogens (tertiary/aromatic N) is 1. The first kappa shape index (κ1) is 18.2. The molecule has 0 atom stereocenters. The van der Waals surface area contributed by atoms with Gasteiger partial charge in [0.05, 0.1) is 24.2 Å². The largest absolute Gasteiger partial charge is 0.497 e. The van der Waals surface area contributed by atoms with Gasteiger partial charge in [0.2, 0.25) is 10.0 Å². The Balaban J connectivity index is 2.20. The van der Waals surface area contributed by atoms with Crippen LogP contribution >= 0.6 is 0 Å². The molecular weight excluding hydrogens is 314 g/mol. The first-order valence-electron chi connectivity index (χ1n) is 8.06. The van der Waals surface area contributed by atoms with Crippen molar-refractivity contribution in [1.82, 2.24) is 4.31 Å². The Morgan fingerprint density at radius 2 is 1.65 bits per heavy atom. The number of rotatable bonds is 5. The Bertz CT molecular complexity index is 624. The van der Waals surface area contributed by atoms with Gasteiger partial charge in [0, 0.05) is 13.1 Å². The molecule has 23 heavy (non-hydrogen) atoms. The molecule has 1 aromatic rings. The van der Waals surface area contributed by atoms with Gasteiger partial charge in [0.15, 0.2) is 0 Å². The summed E-state index contributed by atoms with van der Waals surface area (Å²) < 4.78 is 38.6. The molecular formula is C17H27NO4S. The zero-order chi connectivity index (χ0) is 17.2. The SMILES string of the molecule is COc1cc(C)c(S(=O)(=O)N2CCC(OC(C)C)CC2)c(C)c1. The number of sulfonamides is 1. The molecule has 0 N–H and O–H groups in total. The molecule has 0 aliphatic carbocycles. The topological polar surface area (TPSA) is 55.8 Å². The maximum absolute atomic E-state index is 13.0. The second-order valence-corrected chi connectivity index (χ2v) is 8.25. The van der Waals surface area contributed by atoms with E-state index in [2.05, 4.69) is 0 Å². The van der Waals surface area contributed by atoms with E-state index in [4.69, 9.17) is 9.47 Å². The van der Waals surface area contributed by atoms with Gasteiger partial charge in [-0.3, -0.25) is 0 Å². The van der Waals surface area contributed by atoms with Crippen molar-refractivity contribution in [2.75, 3.05) is 20.2 Å². The Labute approximate surface area is 139 Å². The summed E-state index contributed by atoms with van der Waals surface area (Å²) in [7, 11) is -1.89. The zero-order valence-electron chi connectivity index (χ0n) is 14.6. The number of piperidine rings is 1. The van der Waals surface area contributed by atoms with Crippen molar-refractivity contribution in [1.29, 1.82) is 0 Å². The summed E-state index contributed by atoms with van der Waals surface area (Å²) in [5.41, 5.74) is 1.45. The highest BCUT2D eigenvalue weighted by Gasteiger charge is 2.32. The average molecular weight is 341 g/mol. The second-order valence-electron chi connectivity index (χ2n) is 6.38. The van der Waals surface area contributed by atoms with Crippen molar-refractivity contribution in [3.05, 3.63) is 23.3 Å². The summed E-state index contributed by atoms with van der Waals surface area (Å²) >= 11 is 0. The van der Waals surface area contributed by atoms with Crippen LogP contribution in [0, 0.1) is 13.8 Å². The molecule has 2 rings (SSSR count). The molecule has 1 heterocycles. The summed E-state index contributed by atoms with van der Waals surface area (Å²) in [6.07, 6.45) is 1.81. The van der Waals surface area contributed by atoms with Crippen molar-refractivity contribution >= 4 is 10.0 Å². The van der Waals surface area contributed by atoms with Crippen molar-refractivity contribution < 1.29 is 17.9 Å². The molecule has 0 amide bonds. The number of ether oxygens (including phenoxy) is 2. The lowest BCUT2D eigenvalue weighted by molar-refractivity contribution is -0.0168. The molecule has 5 nitrogen and oxygen atoms in total. The van der Waals surface area contributed by atoms with Gasteiger partial charge in [0.1, 0.15) is 5.75 Å². The molecule has 1 aliphatic heterocycles. The smallest absolute Gasteiger partial charge is 0.243 e. The third-order valence-corrected chi connectivity index (χ3v) is 6.34. The molecule has 1 fully saturated rings. The monoisotopic (exact) mass is 341 g/mol. The van der Waals surface area contributed by atoms with Gasteiger partial charge in [0.25, 0.3) is 0 Å². The van der Waals surface area contributed by atoms with E-state index in [1.807, 2.05) is 27.7 Å². The summed E-state index contributed by atoms with van der Waals surface area (Å²) in [4.78, 5) is 0.404.